The van der Waals surface area contributed by atoms with Gasteiger partial charge in [0.05, 0.1) is 7.11 Å². The molecule has 0 saturated heterocycles. The lowest BCUT2D eigenvalue weighted by molar-refractivity contribution is 0.0808. The molecule has 1 heterocycles. The second-order valence-electron chi connectivity index (χ2n) is 5.67. The van der Waals surface area contributed by atoms with Gasteiger partial charge >= 0.3 is 0 Å². The zero-order valence-corrected chi connectivity index (χ0v) is 13.5. The van der Waals surface area contributed by atoms with Crippen molar-refractivity contribution in [2.75, 3.05) is 12.8 Å². The Hall–Kier alpha value is -2.85. The van der Waals surface area contributed by atoms with E-state index >= 15 is 0 Å². The molecule has 4 heteroatoms. The third-order valence-corrected chi connectivity index (χ3v) is 4.14. The molecule has 0 aliphatic carbocycles. The minimum Gasteiger partial charge on any atom is -0.497 e. The molecular weight excluding hydrogens is 300 g/mol. The molecule has 0 radical (unpaired) electrons. The number of hydrogen-bond donors (Lipinski definition) is 2. The summed E-state index contributed by atoms with van der Waals surface area (Å²) in [4.78, 5) is 4.35. The monoisotopic (exact) mass is 320 g/mol. The summed E-state index contributed by atoms with van der Waals surface area (Å²) in [5.74, 6) is 0.736. The summed E-state index contributed by atoms with van der Waals surface area (Å²) in [7, 11) is 1.62. The molecule has 1 unspecified atom stereocenters. The summed E-state index contributed by atoms with van der Waals surface area (Å²) in [5, 5.41) is 11.6. The highest BCUT2D eigenvalue weighted by molar-refractivity contribution is 5.54. The van der Waals surface area contributed by atoms with Crippen molar-refractivity contribution < 1.29 is 9.84 Å². The fourth-order valence-corrected chi connectivity index (χ4v) is 2.86. The van der Waals surface area contributed by atoms with Crippen LogP contribution in [0.25, 0.3) is 0 Å². The van der Waals surface area contributed by atoms with Crippen LogP contribution in [0.2, 0.25) is 0 Å². The second-order valence-corrected chi connectivity index (χ2v) is 5.67. The molecule has 2 aromatic carbocycles. The van der Waals surface area contributed by atoms with E-state index in [4.69, 9.17) is 10.5 Å². The van der Waals surface area contributed by atoms with Crippen molar-refractivity contribution >= 4 is 5.69 Å². The van der Waals surface area contributed by atoms with Crippen LogP contribution in [0.5, 0.6) is 5.75 Å². The maximum absolute atomic E-state index is 11.6. The third-order valence-electron chi connectivity index (χ3n) is 4.14. The normalized spacial score (nSPS) is 13.2. The predicted octanol–water partition coefficient (Wildman–Crippen LogP) is 3.15. The number of nitrogen functional groups attached to an aromatic ring is 1. The number of aromatic nitrogens is 1. The SMILES string of the molecule is COc1ccc(C(O)(Cc2ccccn2)c2ccccc2N)cc1. The van der Waals surface area contributed by atoms with Crippen molar-refractivity contribution in [3.05, 3.63) is 89.7 Å². The van der Waals surface area contributed by atoms with Crippen molar-refractivity contribution in [3.8, 4) is 5.75 Å². The van der Waals surface area contributed by atoms with Crippen molar-refractivity contribution in [3.63, 3.8) is 0 Å². The van der Waals surface area contributed by atoms with Crippen molar-refractivity contribution in [1.29, 1.82) is 0 Å². The predicted molar refractivity (Wildman–Crippen MR) is 94.8 cm³/mol. The van der Waals surface area contributed by atoms with Crippen LogP contribution in [0, 0.1) is 0 Å². The van der Waals surface area contributed by atoms with Gasteiger partial charge in [0.2, 0.25) is 0 Å². The summed E-state index contributed by atoms with van der Waals surface area (Å²) in [6.45, 7) is 0. The van der Waals surface area contributed by atoms with Gasteiger partial charge in [0.25, 0.3) is 0 Å². The van der Waals surface area contributed by atoms with Gasteiger partial charge in [0.1, 0.15) is 11.4 Å². The van der Waals surface area contributed by atoms with Crippen LogP contribution in [0.3, 0.4) is 0 Å². The number of anilines is 1. The average molecular weight is 320 g/mol. The molecule has 3 N–H and O–H groups in total. The van der Waals surface area contributed by atoms with E-state index in [1.807, 2.05) is 60.7 Å². The summed E-state index contributed by atoms with van der Waals surface area (Å²) >= 11 is 0. The number of aliphatic hydroxyl groups is 1. The van der Waals surface area contributed by atoms with Crippen LogP contribution in [-0.2, 0) is 12.0 Å². The van der Waals surface area contributed by atoms with E-state index in [1.165, 1.54) is 0 Å². The maximum atomic E-state index is 11.6. The van der Waals surface area contributed by atoms with Crippen molar-refractivity contribution in [2.24, 2.45) is 0 Å². The molecule has 122 valence electrons. The Balaban J connectivity index is 2.10. The Labute approximate surface area is 141 Å². The fraction of sp³-hybridized carbons (Fsp3) is 0.150. The quantitative estimate of drug-likeness (QED) is 0.709. The Morgan fingerprint density at radius 3 is 2.33 bits per heavy atom. The third kappa shape index (κ3) is 3.09. The first-order valence-corrected chi connectivity index (χ1v) is 7.75. The lowest BCUT2D eigenvalue weighted by atomic mass is 9.81. The van der Waals surface area contributed by atoms with E-state index in [2.05, 4.69) is 4.98 Å². The topological polar surface area (TPSA) is 68.4 Å². The van der Waals surface area contributed by atoms with E-state index in [1.54, 1.807) is 19.4 Å². The Kier molecular flexibility index (Phi) is 4.49. The van der Waals surface area contributed by atoms with Gasteiger partial charge in [0.15, 0.2) is 0 Å². The van der Waals surface area contributed by atoms with Crippen LogP contribution < -0.4 is 10.5 Å². The number of nitrogens with zero attached hydrogens (tertiary/aromatic N) is 1. The van der Waals surface area contributed by atoms with Crippen LogP contribution in [0.4, 0.5) is 5.69 Å². The molecule has 0 saturated carbocycles. The molecule has 3 rings (SSSR count). The summed E-state index contributed by atoms with van der Waals surface area (Å²) in [5.41, 5.74) is 7.63. The Morgan fingerprint density at radius 1 is 1.00 bits per heavy atom. The molecule has 0 amide bonds. The van der Waals surface area contributed by atoms with Gasteiger partial charge < -0.3 is 15.6 Å². The number of nitrogens with two attached hydrogens (primary N) is 1. The van der Waals surface area contributed by atoms with Crippen LogP contribution in [0.15, 0.2) is 72.9 Å². The summed E-state index contributed by atoms with van der Waals surface area (Å²) in [6.07, 6.45) is 2.05. The zero-order valence-electron chi connectivity index (χ0n) is 13.5. The molecule has 0 spiro atoms. The first-order valence-electron chi connectivity index (χ1n) is 7.75. The number of rotatable bonds is 5. The first-order chi connectivity index (χ1) is 11.6. The number of pyridine rings is 1. The summed E-state index contributed by atoms with van der Waals surface area (Å²) in [6, 6.07) is 20.4. The fourth-order valence-electron chi connectivity index (χ4n) is 2.86. The number of benzene rings is 2. The van der Waals surface area contributed by atoms with Crippen molar-refractivity contribution in [2.45, 2.75) is 12.0 Å². The van der Waals surface area contributed by atoms with E-state index in [-0.39, 0.29) is 0 Å². The zero-order chi connectivity index (χ0) is 17.0. The molecule has 0 aliphatic heterocycles. The van der Waals surface area contributed by atoms with Gasteiger partial charge in [-0.1, -0.05) is 36.4 Å². The molecule has 0 aliphatic rings. The highest BCUT2D eigenvalue weighted by Gasteiger charge is 2.34. The molecule has 1 aromatic heterocycles. The number of ether oxygens (including phenoxy) is 1. The minimum atomic E-state index is -1.27. The van der Waals surface area contributed by atoms with Crippen LogP contribution >= 0.6 is 0 Å². The van der Waals surface area contributed by atoms with E-state index in [0.717, 1.165) is 17.0 Å². The molecule has 0 bridgehead atoms. The molecule has 4 nitrogen and oxygen atoms in total. The van der Waals surface area contributed by atoms with Gasteiger partial charge in [-0.25, -0.2) is 0 Å². The van der Waals surface area contributed by atoms with Crippen LogP contribution in [0.1, 0.15) is 16.8 Å². The highest BCUT2D eigenvalue weighted by Crippen LogP contribution is 2.36. The Bertz CT molecular complexity index is 803. The van der Waals surface area contributed by atoms with E-state index in [9.17, 15) is 5.11 Å². The molecule has 24 heavy (non-hydrogen) atoms. The standard InChI is InChI=1S/C20H20N2O2/c1-24-17-11-9-15(10-12-17)20(23,14-16-6-4-5-13-22-16)18-7-2-3-8-19(18)21/h2-13,23H,14,21H2,1H3. The first kappa shape index (κ1) is 16.0. The van der Waals surface area contributed by atoms with Gasteiger partial charge in [-0.15, -0.1) is 0 Å². The highest BCUT2D eigenvalue weighted by atomic mass is 16.5. The Morgan fingerprint density at radius 2 is 1.71 bits per heavy atom. The van der Waals surface area contributed by atoms with Crippen molar-refractivity contribution in [1.82, 2.24) is 4.98 Å². The molecular formula is C20H20N2O2. The number of para-hydroxylation sites is 1. The average Bonchev–Trinajstić information content (AvgIpc) is 2.63. The lowest BCUT2D eigenvalue weighted by Gasteiger charge is -2.30. The molecule has 3 aromatic rings. The second kappa shape index (κ2) is 6.72. The van der Waals surface area contributed by atoms with E-state index < -0.39 is 5.60 Å². The lowest BCUT2D eigenvalue weighted by Crippen LogP contribution is -2.31. The smallest absolute Gasteiger partial charge is 0.122 e. The maximum Gasteiger partial charge on any atom is 0.122 e. The molecule has 0 fully saturated rings. The van der Waals surface area contributed by atoms with Gasteiger partial charge in [-0.3, -0.25) is 4.98 Å². The van der Waals surface area contributed by atoms with E-state index in [0.29, 0.717) is 17.7 Å². The molecule has 1 atom stereocenters. The minimum absolute atomic E-state index is 0.328. The number of methoxy groups -OCH3 is 1. The van der Waals surface area contributed by atoms with Crippen LogP contribution in [-0.4, -0.2) is 17.2 Å². The summed E-state index contributed by atoms with van der Waals surface area (Å²) < 4.78 is 5.21. The number of hydrogen-bond acceptors (Lipinski definition) is 4. The largest absolute Gasteiger partial charge is 0.497 e. The van der Waals surface area contributed by atoms with Gasteiger partial charge in [-0.2, -0.15) is 0 Å². The van der Waals surface area contributed by atoms with Gasteiger partial charge in [0, 0.05) is 29.6 Å². The van der Waals surface area contributed by atoms with Gasteiger partial charge in [-0.05, 0) is 35.9 Å².